The molecule has 1 rings (SSSR count). The fourth-order valence-corrected chi connectivity index (χ4v) is 2.88. The number of hydrogen-bond donors (Lipinski definition) is 0. The highest BCUT2D eigenvalue weighted by molar-refractivity contribution is 5.04. The van der Waals surface area contributed by atoms with E-state index < -0.39 is 0 Å². The van der Waals surface area contributed by atoms with Gasteiger partial charge in [-0.25, -0.2) is 0 Å². The average Bonchev–Trinajstić information content (AvgIpc) is 2.38. The van der Waals surface area contributed by atoms with E-state index in [-0.39, 0.29) is 0 Å². The fourth-order valence-electron chi connectivity index (χ4n) is 2.88. The Morgan fingerprint density at radius 3 is 2.29 bits per heavy atom. The number of hydrogen-bond acceptors (Lipinski definition) is 0. The first-order valence-corrected chi connectivity index (χ1v) is 7.59. The summed E-state index contributed by atoms with van der Waals surface area (Å²) in [7, 11) is 0. The van der Waals surface area contributed by atoms with Crippen LogP contribution in [0.1, 0.15) is 66.7 Å². The third kappa shape index (κ3) is 6.10. The Morgan fingerprint density at radius 2 is 1.76 bits per heavy atom. The molecule has 0 heterocycles. The van der Waals surface area contributed by atoms with E-state index >= 15 is 0 Å². The lowest BCUT2D eigenvalue weighted by molar-refractivity contribution is 0.198. The van der Waals surface area contributed by atoms with Gasteiger partial charge < -0.3 is 0 Å². The normalized spacial score (nSPS) is 26.9. The Balaban J connectivity index is 0.00000121. The Labute approximate surface area is 109 Å². The van der Waals surface area contributed by atoms with Gasteiger partial charge in [-0.3, -0.25) is 0 Å². The molecule has 0 N–H and O–H groups in total. The van der Waals surface area contributed by atoms with Crippen molar-refractivity contribution in [1.82, 2.24) is 0 Å². The summed E-state index contributed by atoms with van der Waals surface area (Å²) in [6.45, 7) is 10.8. The van der Waals surface area contributed by atoms with Gasteiger partial charge in [-0.15, -0.1) is 0 Å². The minimum absolute atomic E-state index is 0.802. The topological polar surface area (TPSA) is 0 Å². The molecule has 0 amide bonds. The molecule has 0 heteroatoms. The fraction of sp³-hybridized carbons (Fsp3) is 0.765. The molecule has 1 fully saturated rings. The molecule has 17 heavy (non-hydrogen) atoms. The van der Waals surface area contributed by atoms with Crippen LogP contribution in [0.15, 0.2) is 24.3 Å². The van der Waals surface area contributed by atoms with E-state index in [4.69, 9.17) is 0 Å². The van der Waals surface area contributed by atoms with Crippen molar-refractivity contribution in [3.05, 3.63) is 24.3 Å². The summed E-state index contributed by atoms with van der Waals surface area (Å²) < 4.78 is 0. The molecule has 1 aliphatic carbocycles. The molecule has 0 nitrogen and oxygen atoms in total. The molecule has 0 bridgehead atoms. The maximum atomic E-state index is 2.44. The van der Waals surface area contributed by atoms with Crippen LogP contribution in [0, 0.1) is 17.8 Å². The van der Waals surface area contributed by atoms with Gasteiger partial charge in [0.05, 0.1) is 0 Å². The van der Waals surface area contributed by atoms with Crippen LogP contribution < -0.4 is 0 Å². The lowest BCUT2D eigenvalue weighted by Crippen LogP contribution is -2.23. The van der Waals surface area contributed by atoms with E-state index in [0.717, 1.165) is 17.8 Å². The van der Waals surface area contributed by atoms with Gasteiger partial charge in [-0.1, -0.05) is 71.3 Å². The zero-order chi connectivity index (χ0) is 13.1. The van der Waals surface area contributed by atoms with Crippen LogP contribution in [-0.2, 0) is 0 Å². The summed E-state index contributed by atoms with van der Waals surface area (Å²) in [5.74, 6) is 2.67. The second-order valence-electron chi connectivity index (χ2n) is 4.91. The van der Waals surface area contributed by atoms with Crippen LogP contribution >= 0.6 is 0 Å². The van der Waals surface area contributed by atoms with E-state index in [2.05, 4.69) is 45.1 Å². The summed E-state index contributed by atoms with van der Waals surface area (Å²) in [5.41, 5.74) is 0. The Hall–Kier alpha value is -0.520. The largest absolute Gasteiger partial charge is 0.0877 e. The smallest absolute Gasteiger partial charge is 0.0202 e. The molecule has 0 aromatic heterocycles. The average molecular weight is 236 g/mol. The highest BCUT2D eigenvalue weighted by atomic mass is 14.3. The minimum atomic E-state index is 0.802. The molecule has 100 valence electrons. The molecule has 0 saturated heterocycles. The van der Waals surface area contributed by atoms with Crippen LogP contribution in [0.2, 0.25) is 0 Å². The first-order chi connectivity index (χ1) is 8.29. The van der Waals surface area contributed by atoms with Gasteiger partial charge in [0.15, 0.2) is 0 Å². The third-order valence-electron chi connectivity index (χ3n) is 3.86. The minimum Gasteiger partial charge on any atom is -0.0877 e. The maximum Gasteiger partial charge on any atom is -0.0202 e. The van der Waals surface area contributed by atoms with Gasteiger partial charge in [0.2, 0.25) is 0 Å². The van der Waals surface area contributed by atoms with Crippen molar-refractivity contribution in [3.63, 3.8) is 0 Å². The van der Waals surface area contributed by atoms with Crippen LogP contribution in [0.25, 0.3) is 0 Å². The van der Waals surface area contributed by atoms with Crippen molar-refractivity contribution in [2.75, 3.05) is 0 Å². The summed E-state index contributed by atoms with van der Waals surface area (Å²) in [4.78, 5) is 0. The van der Waals surface area contributed by atoms with E-state index in [1.165, 1.54) is 32.1 Å². The second-order valence-corrected chi connectivity index (χ2v) is 4.91. The molecule has 0 aromatic carbocycles. The van der Waals surface area contributed by atoms with Gasteiger partial charge in [-0.05, 0) is 37.5 Å². The van der Waals surface area contributed by atoms with Crippen LogP contribution in [0.3, 0.4) is 0 Å². The van der Waals surface area contributed by atoms with Crippen LogP contribution in [0.5, 0.6) is 0 Å². The van der Waals surface area contributed by atoms with E-state index in [0.29, 0.717) is 0 Å². The van der Waals surface area contributed by atoms with Crippen molar-refractivity contribution in [3.8, 4) is 0 Å². The predicted octanol–water partition coefficient (Wildman–Crippen LogP) is 6.00. The highest BCUT2D eigenvalue weighted by Gasteiger charge is 2.26. The molecule has 3 atom stereocenters. The van der Waals surface area contributed by atoms with Gasteiger partial charge in [-0.2, -0.15) is 0 Å². The van der Waals surface area contributed by atoms with Gasteiger partial charge in [0.1, 0.15) is 0 Å². The molecule has 1 saturated carbocycles. The van der Waals surface area contributed by atoms with Gasteiger partial charge >= 0.3 is 0 Å². The summed E-state index contributed by atoms with van der Waals surface area (Å²) in [6.07, 6.45) is 16.0. The van der Waals surface area contributed by atoms with E-state index in [1.54, 1.807) is 0 Å². The second kappa shape index (κ2) is 10.6. The van der Waals surface area contributed by atoms with Crippen LogP contribution in [-0.4, -0.2) is 0 Å². The first-order valence-electron chi connectivity index (χ1n) is 7.59. The Bertz CT molecular complexity index is 212. The lowest BCUT2D eigenvalue weighted by atomic mass is 9.72. The number of allylic oxidation sites excluding steroid dienone is 4. The van der Waals surface area contributed by atoms with Crippen molar-refractivity contribution in [2.45, 2.75) is 66.7 Å². The predicted molar refractivity (Wildman–Crippen MR) is 80.2 cm³/mol. The molecule has 0 spiro atoms. The van der Waals surface area contributed by atoms with Crippen LogP contribution in [0.4, 0.5) is 0 Å². The standard InChI is InChI=1S/C15H26.C2H6/c1-4-6-7-11-14(5-2)15-12-9-8-10-13(15)3;1-2/h4,6-7,11,13-15H,5,8-10,12H2,1-3H3;1-2H3/b6-4-,11-7-;. The highest BCUT2D eigenvalue weighted by Crippen LogP contribution is 2.36. The lowest BCUT2D eigenvalue weighted by Gasteiger charge is -2.33. The van der Waals surface area contributed by atoms with Gasteiger partial charge in [0, 0.05) is 0 Å². The summed E-state index contributed by atoms with van der Waals surface area (Å²) in [6, 6.07) is 0. The van der Waals surface area contributed by atoms with Crippen molar-refractivity contribution in [1.29, 1.82) is 0 Å². The zero-order valence-electron chi connectivity index (χ0n) is 12.6. The zero-order valence-corrected chi connectivity index (χ0v) is 12.6. The first kappa shape index (κ1) is 16.5. The van der Waals surface area contributed by atoms with E-state index in [1.807, 2.05) is 13.8 Å². The summed E-state index contributed by atoms with van der Waals surface area (Å²) in [5, 5.41) is 0. The monoisotopic (exact) mass is 236 g/mol. The SMILES string of the molecule is C/C=C\C=C/C(CC)C1CCCCC1C.CC. The van der Waals surface area contributed by atoms with Crippen molar-refractivity contribution >= 4 is 0 Å². The molecule has 0 aliphatic heterocycles. The Morgan fingerprint density at radius 1 is 1.12 bits per heavy atom. The summed E-state index contributed by atoms with van der Waals surface area (Å²) >= 11 is 0. The van der Waals surface area contributed by atoms with Crippen molar-refractivity contribution < 1.29 is 0 Å². The van der Waals surface area contributed by atoms with E-state index in [9.17, 15) is 0 Å². The Kier molecular flexibility index (Phi) is 10.3. The molecule has 3 unspecified atom stereocenters. The molecule has 1 aliphatic rings. The third-order valence-corrected chi connectivity index (χ3v) is 3.86. The molecule has 0 radical (unpaired) electrons. The quantitative estimate of drug-likeness (QED) is 0.525. The number of rotatable bonds is 4. The molecule has 0 aromatic rings. The maximum absolute atomic E-state index is 2.44. The van der Waals surface area contributed by atoms with Gasteiger partial charge in [0.25, 0.3) is 0 Å². The molecular weight excluding hydrogens is 204 g/mol. The van der Waals surface area contributed by atoms with Crippen molar-refractivity contribution in [2.24, 2.45) is 17.8 Å². The molecular formula is C17H32.